The van der Waals surface area contributed by atoms with Gasteiger partial charge in [-0.15, -0.1) is 12.4 Å². The van der Waals surface area contributed by atoms with Crippen molar-refractivity contribution in [1.29, 1.82) is 0 Å². The van der Waals surface area contributed by atoms with Crippen LogP contribution in [-0.2, 0) is 4.74 Å². The molecule has 2 fully saturated rings. The van der Waals surface area contributed by atoms with Gasteiger partial charge in [0.1, 0.15) is 0 Å². The van der Waals surface area contributed by atoms with Crippen LogP contribution in [0.1, 0.15) is 25.7 Å². The molecule has 0 aromatic carbocycles. The van der Waals surface area contributed by atoms with Crippen LogP contribution in [-0.4, -0.2) is 25.8 Å². The molecule has 2 saturated heterocycles. The largest absolute Gasteiger partial charge is 0.378 e. The van der Waals surface area contributed by atoms with E-state index in [0.717, 1.165) is 19.1 Å². The van der Waals surface area contributed by atoms with E-state index in [0.29, 0.717) is 6.10 Å². The van der Waals surface area contributed by atoms with Gasteiger partial charge in [0.15, 0.2) is 0 Å². The van der Waals surface area contributed by atoms with Crippen LogP contribution >= 0.6 is 12.4 Å². The summed E-state index contributed by atoms with van der Waals surface area (Å²) in [5.41, 5.74) is 0. The number of nitrogens with one attached hydrogen (secondary N) is 1. The minimum absolute atomic E-state index is 0. The number of halogens is 1. The van der Waals surface area contributed by atoms with Crippen LogP contribution in [0, 0.1) is 5.92 Å². The van der Waals surface area contributed by atoms with Crippen molar-refractivity contribution in [3.8, 4) is 0 Å². The fraction of sp³-hybridized carbons (Fsp3) is 1.00. The van der Waals surface area contributed by atoms with Gasteiger partial charge in [0, 0.05) is 13.2 Å². The molecule has 3 heteroatoms. The second-order valence-electron chi connectivity index (χ2n) is 3.66. The highest BCUT2D eigenvalue weighted by atomic mass is 35.5. The standard InChI is InChI=1S/C9H17NO.ClH/c1-2-6-11-9-4-5-10-7-8(9)3-1;/h8-10H,1-7H2;1H. The summed E-state index contributed by atoms with van der Waals surface area (Å²) in [7, 11) is 0. The van der Waals surface area contributed by atoms with E-state index in [9.17, 15) is 0 Å². The quantitative estimate of drug-likeness (QED) is 0.628. The maximum absolute atomic E-state index is 5.77. The van der Waals surface area contributed by atoms with Gasteiger partial charge in [-0.2, -0.15) is 0 Å². The van der Waals surface area contributed by atoms with Crippen LogP contribution in [0.2, 0.25) is 0 Å². The number of ether oxygens (including phenoxy) is 1. The molecular formula is C9H18ClNO. The average Bonchev–Trinajstić information content (AvgIpc) is 2.28. The normalized spacial score (nSPS) is 36.0. The van der Waals surface area contributed by atoms with E-state index in [-0.39, 0.29) is 12.4 Å². The lowest BCUT2D eigenvalue weighted by atomic mass is 9.92. The molecule has 2 unspecified atom stereocenters. The van der Waals surface area contributed by atoms with E-state index in [4.69, 9.17) is 4.74 Å². The molecule has 2 atom stereocenters. The molecule has 2 aliphatic heterocycles. The van der Waals surface area contributed by atoms with Gasteiger partial charge < -0.3 is 10.1 Å². The monoisotopic (exact) mass is 191 g/mol. The first-order chi connectivity index (χ1) is 5.47. The molecule has 2 heterocycles. The van der Waals surface area contributed by atoms with Gasteiger partial charge in [0.2, 0.25) is 0 Å². The van der Waals surface area contributed by atoms with E-state index in [1.807, 2.05) is 0 Å². The van der Waals surface area contributed by atoms with E-state index >= 15 is 0 Å². The maximum Gasteiger partial charge on any atom is 0.0627 e. The fourth-order valence-electron chi connectivity index (χ4n) is 2.15. The van der Waals surface area contributed by atoms with Gasteiger partial charge in [0.05, 0.1) is 6.10 Å². The fourth-order valence-corrected chi connectivity index (χ4v) is 2.15. The summed E-state index contributed by atoms with van der Waals surface area (Å²) in [6, 6.07) is 0. The summed E-state index contributed by atoms with van der Waals surface area (Å²) in [6.45, 7) is 3.34. The third-order valence-corrected chi connectivity index (χ3v) is 2.84. The van der Waals surface area contributed by atoms with Crippen molar-refractivity contribution in [2.75, 3.05) is 19.7 Å². The predicted octanol–water partition coefficient (Wildman–Crippen LogP) is 1.59. The third kappa shape index (κ3) is 2.35. The molecule has 2 aliphatic rings. The summed E-state index contributed by atoms with van der Waals surface area (Å²) in [4.78, 5) is 0. The molecule has 0 aliphatic carbocycles. The lowest BCUT2D eigenvalue weighted by Gasteiger charge is -2.29. The van der Waals surface area contributed by atoms with Gasteiger partial charge >= 0.3 is 0 Å². The summed E-state index contributed by atoms with van der Waals surface area (Å²) in [5.74, 6) is 0.811. The van der Waals surface area contributed by atoms with Gasteiger partial charge in [0.25, 0.3) is 0 Å². The Bertz CT molecular complexity index is 118. The van der Waals surface area contributed by atoms with E-state index in [1.165, 1.54) is 32.2 Å². The van der Waals surface area contributed by atoms with E-state index in [1.54, 1.807) is 0 Å². The molecule has 0 aromatic rings. The topological polar surface area (TPSA) is 21.3 Å². The van der Waals surface area contributed by atoms with Crippen LogP contribution in [0.25, 0.3) is 0 Å². The Kier molecular flexibility index (Phi) is 4.33. The second-order valence-corrected chi connectivity index (χ2v) is 3.66. The Hall–Kier alpha value is 0.210. The molecule has 2 rings (SSSR count). The van der Waals surface area contributed by atoms with Crippen molar-refractivity contribution in [1.82, 2.24) is 5.32 Å². The van der Waals surface area contributed by atoms with Crippen LogP contribution in [0.4, 0.5) is 0 Å². The molecule has 0 bridgehead atoms. The first kappa shape index (κ1) is 10.3. The molecule has 0 radical (unpaired) electrons. The highest BCUT2D eigenvalue weighted by Crippen LogP contribution is 2.24. The second kappa shape index (κ2) is 5.05. The third-order valence-electron chi connectivity index (χ3n) is 2.84. The zero-order chi connectivity index (χ0) is 7.52. The van der Waals surface area contributed by atoms with Crippen LogP contribution < -0.4 is 5.32 Å². The lowest BCUT2D eigenvalue weighted by Crippen LogP contribution is -2.40. The summed E-state index contributed by atoms with van der Waals surface area (Å²) < 4.78 is 5.77. The molecule has 12 heavy (non-hydrogen) atoms. The first-order valence-electron chi connectivity index (χ1n) is 4.79. The van der Waals surface area contributed by atoms with Crippen molar-refractivity contribution in [2.24, 2.45) is 5.92 Å². The summed E-state index contributed by atoms with van der Waals surface area (Å²) in [5, 5.41) is 3.43. The minimum Gasteiger partial charge on any atom is -0.378 e. The zero-order valence-electron chi connectivity index (χ0n) is 7.42. The Balaban J connectivity index is 0.000000720. The molecule has 0 aromatic heterocycles. The molecule has 0 amide bonds. The average molecular weight is 192 g/mol. The smallest absolute Gasteiger partial charge is 0.0627 e. The van der Waals surface area contributed by atoms with Crippen molar-refractivity contribution in [3.63, 3.8) is 0 Å². The van der Waals surface area contributed by atoms with Crippen molar-refractivity contribution in [2.45, 2.75) is 31.8 Å². The van der Waals surface area contributed by atoms with E-state index in [2.05, 4.69) is 5.32 Å². The molecule has 72 valence electrons. The molecular weight excluding hydrogens is 174 g/mol. The SMILES string of the molecule is C1CCC2CNCCC2OC1.Cl. The minimum atomic E-state index is 0. The number of piperidine rings is 1. The van der Waals surface area contributed by atoms with Crippen molar-refractivity contribution >= 4 is 12.4 Å². The number of fused-ring (bicyclic) bond motifs is 1. The molecule has 1 N–H and O–H groups in total. The Morgan fingerprint density at radius 2 is 2.08 bits per heavy atom. The first-order valence-corrected chi connectivity index (χ1v) is 4.79. The number of rotatable bonds is 0. The molecule has 2 nitrogen and oxygen atoms in total. The Labute approximate surface area is 80.5 Å². The van der Waals surface area contributed by atoms with Crippen molar-refractivity contribution < 1.29 is 4.74 Å². The van der Waals surface area contributed by atoms with Crippen molar-refractivity contribution in [3.05, 3.63) is 0 Å². The van der Waals surface area contributed by atoms with Gasteiger partial charge in [-0.05, 0) is 31.7 Å². The molecule has 0 spiro atoms. The highest BCUT2D eigenvalue weighted by molar-refractivity contribution is 5.85. The lowest BCUT2D eigenvalue weighted by molar-refractivity contribution is 0.00817. The number of hydrogen-bond donors (Lipinski definition) is 1. The van der Waals surface area contributed by atoms with E-state index < -0.39 is 0 Å². The summed E-state index contributed by atoms with van der Waals surface area (Å²) >= 11 is 0. The predicted molar refractivity (Wildman–Crippen MR) is 51.8 cm³/mol. The zero-order valence-corrected chi connectivity index (χ0v) is 8.24. The summed E-state index contributed by atoms with van der Waals surface area (Å²) in [6.07, 6.45) is 5.82. The highest BCUT2D eigenvalue weighted by Gasteiger charge is 2.26. The van der Waals surface area contributed by atoms with Gasteiger partial charge in [-0.3, -0.25) is 0 Å². The van der Waals surface area contributed by atoms with Crippen LogP contribution in [0.3, 0.4) is 0 Å². The van der Waals surface area contributed by atoms with Crippen LogP contribution in [0.15, 0.2) is 0 Å². The Morgan fingerprint density at radius 3 is 3.00 bits per heavy atom. The molecule has 0 saturated carbocycles. The van der Waals surface area contributed by atoms with Gasteiger partial charge in [-0.1, -0.05) is 6.42 Å². The Morgan fingerprint density at radius 1 is 1.17 bits per heavy atom. The van der Waals surface area contributed by atoms with Gasteiger partial charge in [-0.25, -0.2) is 0 Å². The maximum atomic E-state index is 5.77. The van der Waals surface area contributed by atoms with Crippen LogP contribution in [0.5, 0.6) is 0 Å². The number of hydrogen-bond acceptors (Lipinski definition) is 2.